The molecule has 0 amide bonds. The maximum atomic E-state index is 5.79. The molecule has 1 N–H and O–H groups in total. The van der Waals surface area contributed by atoms with E-state index < -0.39 is 0 Å². The molecule has 0 spiro atoms. The molecule has 2 aliphatic heterocycles. The maximum Gasteiger partial charge on any atom is 0.0702 e. The second kappa shape index (κ2) is 5.25. The van der Waals surface area contributed by atoms with E-state index in [9.17, 15) is 0 Å². The lowest BCUT2D eigenvalue weighted by atomic mass is 10.1. The van der Waals surface area contributed by atoms with E-state index in [1.165, 1.54) is 45.2 Å². The first-order valence-electron chi connectivity index (χ1n) is 7.42. The summed E-state index contributed by atoms with van der Waals surface area (Å²) in [4.78, 5) is 2.68. The van der Waals surface area contributed by atoms with Crippen molar-refractivity contribution in [1.82, 2.24) is 10.2 Å². The van der Waals surface area contributed by atoms with E-state index in [4.69, 9.17) is 4.74 Å². The third kappa shape index (κ3) is 3.01. The van der Waals surface area contributed by atoms with E-state index in [2.05, 4.69) is 17.1 Å². The molecular weight excluding hydrogens is 212 g/mol. The molecule has 3 nitrogen and oxygen atoms in total. The minimum atomic E-state index is 0.510. The molecule has 3 atom stereocenters. The van der Waals surface area contributed by atoms with Crippen LogP contribution in [0.1, 0.15) is 39.0 Å². The van der Waals surface area contributed by atoms with Crippen LogP contribution in [0.4, 0.5) is 0 Å². The summed E-state index contributed by atoms with van der Waals surface area (Å²) in [5, 5.41) is 3.75. The monoisotopic (exact) mass is 238 g/mol. The molecule has 2 saturated heterocycles. The van der Waals surface area contributed by atoms with Crippen molar-refractivity contribution in [2.24, 2.45) is 5.92 Å². The van der Waals surface area contributed by atoms with Crippen molar-refractivity contribution in [2.45, 2.75) is 57.2 Å². The highest BCUT2D eigenvalue weighted by Gasteiger charge is 2.35. The van der Waals surface area contributed by atoms with E-state index >= 15 is 0 Å². The van der Waals surface area contributed by atoms with E-state index in [-0.39, 0.29) is 0 Å². The van der Waals surface area contributed by atoms with Gasteiger partial charge in [-0.2, -0.15) is 0 Å². The number of nitrogens with one attached hydrogen (secondary N) is 1. The summed E-state index contributed by atoms with van der Waals surface area (Å²) >= 11 is 0. The second-order valence-corrected chi connectivity index (χ2v) is 6.12. The summed E-state index contributed by atoms with van der Waals surface area (Å²) in [7, 11) is 0. The average molecular weight is 238 g/mol. The molecule has 2 heterocycles. The predicted molar refractivity (Wildman–Crippen MR) is 69.1 cm³/mol. The molecule has 0 bridgehead atoms. The fraction of sp³-hybridized carbons (Fsp3) is 1.00. The molecule has 3 heteroatoms. The van der Waals surface area contributed by atoms with Crippen LogP contribution in [0.5, 0.6) is 0 Å². The summed E-state index contributed by atoms with van der Waals surface area (Å²) in [5.41, 5.74) is 0. The van der Waals surface area contributed by atoms with Gasteiger partial charge in [-0.1, -0.05) is 0 Å². The SMILES string of the molecule is CC1CCNC(C2CC2)CN1CC1CCCO1. The van der Waals surface area contributed by atoms with Crippen molar-refractivity contribution < 1.29 is 4.74 Å². The maximum absolute atomic E-state index is 5.79. The van der Waals surface area contributed by atoms with Gasteiger partial charge in [0.25, 0.3) is 0 Å². The Morgan fingerprint density at radius 1 is 1.24 bits per heavy atom. The fourth-order valence-electron chi connectivity index (χ4n) is 3.28. The van der Waals surface area contributed by atoms with Gasteiger partial charge in [-0.05, 0) is 51.5 Å². The van der Waals surface area contributed by atoms with E-state index in [1.807, 2.05) is 0 Å². The Labute approximate surface area is 105 Å². The topological polar surface area (TPSA) is 24.5 Å². The molecule has 3 rings (SSSR count). The largest absolute Gasteiger partial charge is 0.377 e. The zero-order valence-corrected chi connectivity index (χ0v) is 11.0. The standard InChI is InChI=1S/C14H26N2O/c1-11-6-7-15-14(12-4-5-12)10-16(11)9-13-3-2-8-17-13/h11-15H,2-10H2,1H3. The highest BCUT2D eigenvalue weighted by molar-refractivity contribution is 4.92. The van der Waals surface area contributed by atoms with Crippen LogP contribution in [0, 0.1) is 5.92 Å². The van der Waals surface area contributed by atoms with Crippen molar-refractivity contribution in [3.05, 3.63) is 0 Å². The molecule has 0 aromatic heterocycles. The van der Waals surface area contributed by atoms with Crippen molar-refractivity contribution in [3.63, 3.8) is 0 Å². The molecule has 0 radical (unpaired) electrons. The third-order valence-electron chi connectivity index (χ3n) is 4.68. The minimum absolute atomic E-state index is 0.510. The molecule has 0 aromatic carbocycles. The zero-order valence-electron chi connectivity index (χ0n) is 11.0. The molecule has 17 heavy (non-hydrogen) atoms. The van der Waals surface area contributed by atoms with Gasteiger partial charge in [-0.25, -0.2) is 0 Å². The second-order valence-electron chi connectivity index (χ2n) is 6.12. The lowest BCUT2D eigenvalue weighted by Crippen LogP contribution is -2.44. The Kier molecular flexibility index (Phi) is 3.69. The Morgan fingerprint density at radius 3 is 2.82 bits per heavy atom. The van der Waals surface area contributed by atoms with Crippen LogP contribution in [0.25, 0.3) is 0 Å². The Hall–Kier alpha value is -0.120. The van der Waals surface area contributed by atoms with E-state index in [1.54, 1.807) is 0 Å². The quantitative estimate of drug-likeness (QED) is 0.809. The molecule has 3 unspecified atom stereocenters. The summed E-state index contributed by atoms with van der Waals surface area (Å²) in [6, 6.07) is 1.47. The van der Waals surface area contributed by atoms with Gasteiger partial charge in [0.15, 0.2) is 0 Å². The van der Waals surface area contributed by atoms with Crippen LogP contribution in [0.15, 0.2) is 0 Å². The summed E-state index contributed by atoms with van der Waals surface area (Å²) in [6.45, 7) is 6.96. The number of rotatable bonds is 3. The third-order valence-corrected chi connectivity index (χ3v) is 4.68. The van der Waals surface area contributed by atoms with Crippen LogP contribution < -0.4 is 5.32 Å². The average Bonchev–Trinajstić information content (AvgIpc) is 3.06. The van der Waals surface area contributed by atoms with Gasteiger partial charge in [0.2, 0.25) is 0 Å². The fourth-order valence-corrected chi connectivity index (χ4v) is 3.28. The summed E-state index contributed by atoms with van der Waals surface area (Å²) < 4.78 is 5.79. The van der Waals surface area contributed by atoms with Crippen LogP contribution in [-0.2, 0) is 4.74 Å². The Balaban J connectivity index is 1.57. The first kappa shape index (κ1) is 11.9. The van der Waals surface area contributed by atoms with Gasteiger partial charge in [-0.15, -0.1) is 0 Å². The van der Waals surface area contributed by atoms with Gasteiger partial charge < -0.3 is 10.1 Å². The molecule has 3 fully saturated rings. The number of hydrogen-bond donors (Lipinski definition) is 1. The highest BCUT2D eigenvalue weighted by Crippen LogP contribution is 2.34. The molecule has 98 valence electrons. The summed E-state index contributed by atoms with van der Waals surface area (Å²) in [6.07, 6.45) is 7.22. The van der Waals surface area contributed by atoms with Crippen LogP contribution in [0.2, 0.25) is 0 Å². The van der Waals surface area contributed by atoms with Crippen molar-refractivity contribution in [2.75, 3.05) is 26.2 Å². The van der Waals surface area contributed by atoms with Crippen molar-refractivity contribution in [3.8, 4) is 0 Å². The number of nitrogens with zero attached hydrogens (tertiary/aromatic N) is 1. The Morgan fingerprint density at radius 2 is 2.12 bits per heavy atom. The van der Waals surface area contributed by atoms with Crippen LogP contribution in [-0.4, -0.2) is 49.3 Å². The first-order valence-corrected chi connectivity index (χ1v) is 7.42. The van der Waals surface area contributed by atoms with Crippen LogP contribution in [0.3, 0.4) is 0 Å². The lowest BCUT2D eigenvalue weighted by molar-refractivity contribution is 0.0583. The first-order chi connectivity index (χ1) is 8.33. The highest BCUT2D eigenvalue weighted by atomic mass is 16.5. The van der Waals surface area contributed by atoms with E-state index in [0.29, 0.717) is 6.10 Å². The normalized spacial score (nSPS) is 40.4. The molecule has 3 aliphatic rings. The predicted octanol–water partition coefficient (Wildman–Crippen LogP) is 1.63. The minimum Gasteiger partial charge on any atom is -0.377 e. The van der Waals surface area contributed by atoms with Crippen LogP contribution >= 0.6 is 0 Å². The Bertz CT molecular complexity index is 249. The van der Waals surface area contributed by atoms with Gasteiger partial charge in [0, 0.05) is 31.8 Å². The number of ether oxygens (including phenoxy) is 1. The molecule has 0 aromatic rings. The lowest BCUT2D eigenvalue weighted by Gasteiger charge is -2.31. The molecule has 1 saturated carbocycles. The zero-order chi connectivity index (χ0) is 11.7. The van der Waals surface area contributed by atoms with Gasteiger partial charge in [0.1, 0.15) is 0 Å². The van der Waals surface area contributed by atoms with Gasteiger partial charge >= 0.3 is 0 Å². The van der Waals surface area contributed by atoms with Gasteiger partial charge in [-0.3, -0.25) is 4.90 Å². The van der Waals surface area contributed by atoms with Crippen molar-refractivity contribution in [1.29, 1.82) is 0 Å². The molecular formula is C14H26N2O. The van der Waals surface area contributed by atoms with Crippen molar-refractivity contribution >= 4 is 0 Å². The van der Waals surface area contributed by atoms with Gasteiger partial charge in [0.05, 0.1) is 6.10 Å². The smallest absolute Gasteiger partial charge is 0.0702 e. The summed E-state index contributed by atoms with van der Waals surface area (Å²) in [5.74, 6) is 0.965. The number of hydrogen-bond acceptors (Lipinski definition) is 3. The molecule has 1 aliphatic carbocycles. The van der Waals surface area contributed by atoms with E-state index in [0.717, 1.165) is 31.2 Å².